The van der Waals surface area contributed by atoms with E-state index in [1.807, 2.05) is 18.0 Å². The zero-order chi connectivity index (χ0) is 14.8. The predicted octanol–water partition coefficient (Wildman–Crippen LogP) is 1.75. The number of hydrogen-bond acceptors (Lipinski definition) is 4. The Labute approximate surface area is 123 Å². The first kappa shape index (κ1) is 13.6. The summed E-state index contributed by atoms with van der Waals surface area (Å²) in [6.45, 7) is 3.38. The van der Waals surface area contributed by atoms with Crippen LogP contribution in [-0.2, 0) is 0 Å². The van der Waals surface area contributed by atoms with E-state index in [4.69, 9.17) is 4.74 Å². The van der Waals surface area contributed by atoms with Gasteiger partial charge >= 0.3 is 0 Å². The van der Waals surface area contributed by atoms with Gasteiger partial charge in [0.2, 0.25) is 5.88 Å². The van der Waals surface area contributed by atoms with Gasteiger partial charge in [-0.2, -0.15) is 0 Å². The molecule has 6 heteroatoms. The van der Waals surface area contributed by atoms with Crippen LogP contribution in [0.1, 0.15) is 34.2 Å². The molecule has 1 aliphatic heterocycles. The Morgan fingerprint density at radius 2 is 2.33 bits per heavy atom. The number of aromatic nitrogens is 3. The van der Waals surface area contributed by atoms with Gasteiger partial charge in [0.1, 0.15) is 11.4 Å². The quantitative estimate of drug-likeness (QED) is 0.933. The molecule has 0 aliphatic carbocycles. The molecule has 1 aliphatic rings. The Kier molecular flexibility index (Phi) is 3.60. The molecular weight excluding hydrogens is 268 g/mol. The fourth-order valence-corrected chi connectivity index (χ4v) is 2.69. The van der Waals surface area contributed by atoms with Gasteiger partial charge < -0.3 is 14.6 Å². The summed E-state index contributed by atoms with van der Waals surface area (Å²) >= 11 is 0. The SMILES string of the molecule is COc1ncccc1C(=O)N1CCC(c2ncc(C)[nH]2)C1. The third-order valence-corrected chi connectivity index (χ3v) is 3.78. The Balaban J connectivity index is 1.75. The summed E-state index contributed by atoms with van der Waals surface area (Å²) in [6, 6.07) is 3.50. The van der Waals surface area contributed by atoms with E-state index in [0.29, 0.717) is 18.0 Å². The van der Waals surface area contributed by atoms with E-state index in [1.165, 1.54) is 7.11 Å². The lowest BCUT2D eigenvalue weighted by Gasteiger charge is -2.17. The van der Waals surface area contributed by atoms with Crippen LogP contribution in [0.15, 0.2) is 24.5 Å². The van der Waals surface area contributed by atoms with Gasteiger partial charge in [0, 0.05) is 37.1 Å². The third kappa shape index (κ3) is 2.61. The first-order valence-electron chi connectivity index (χ1n) is 6.99. The second-order valence-electron chi connectivity index (χ2n) is 5.25. The van der Waals surface area contributed by atoms with Gasteiger partial charge in [-0.05, 0) is 25.5 Å². The van der Waals surface area contributed by atoms with Crippen LogP contribution in [0.5, 0.6) is 5.88 Å². The van der Waals surface area contributed by atoms with Crippen molar-refractivity contribution in [3.05, 3.63) is 41.6 Å². The lowest BCUT2D eigenvalue weighted by Crippen LogP contribution is -2.29. The molecule has 3 rings (SSSR count). The first-order chi connectivity index (χ1) is 10.2. The topological polar surface area (TPSA) is 71.1 Å². The molecule has 0 saturated carbocycles. The lowest BCUT2D eigenvalue weighted by molar-refractivity contribution is 0.0786. The normalized spacial score (nSPS) is 18.0. The third-order valence-electron chi connectivity index (χ3n) is 3.78. The summed E-state index contributed by atoms with van der Waals surface area (Å²) in [6.07, 6.45) is 4.36. The van der Waals surface area contributed by atoms with Gasteiger partial charge in [0.25, 0.3) is 5.91 Å². The second-order valence-corrected chi connectivity index (χ2v) is 5.25. The van der Waals surface area contributed by atoms with Crippen molar-refractivity contribution < 1.29 is 9.53 Å². The van der Waals surface area contributed by atoms with E-state index in [0.717, 1.165) is 24.5 Å². The van der Waals surface area contributed by atoms with E-state index >= 15 is 0 Å². The maximum absolute atomic E-state index is 12.6. The molecule has 2 aromatic heterocycles. The zero-order valence-corrected chi connectivity index (χ0v) is 12.2. The van der Waals surface area contributed by atoms with E-state index in [9.17, 15) is 4.79 Å². The van der Waals surface area contributed by atoms with Gasteiger partial charge in [-0.3, -0.25) is 4.79 Å². The number of nitrogens with zero attached hydrogens (tertiary/aromatic N) is 3. The van der Waals surface area contributed by atoms with Crippen LogP contribution in [0.2, 0.25) is 0 Å². The lowest BCUT2D eigenvalue weighted by atomic mass is 10.1. The summed E-state index contributed by atoms with van der Waals surface area (Å²) < 4.78 is 5.16. The molecule has 1 unspecified atom stereocenters. The van der Waals surface area contributed by atoms with Gasteiger partial charge in [-0.15, -0.1) is 0 Å². The fourth-order valence-electron chi connectivity index (χ4n) is 2.69. The summed E-state index contributed by atoms with van der Waals surface area (Å²) in [7, 11) is 1.53. The molecule has 21 heavy (non-hydrogen) atoms. The van der Waals surface area contributed by atoms with Crippen LogP contribution >= 0.6 is 0 Å². The van der Waals surface area contributed by atoms with Crippen molar-refractivity contribution in [1.82, 2.24) is 19.9 Å². The average molecular weight is 286 g/mol. The molecule has 110 valence electrons. The van der Waals surface area contributed by atoms with E-state index in [2.05, 4.69) is 15.0 Å². The molecule has 0 bridgehead atoms. The molecule has 0 spiro atoms. The number of likely N-dealkylation sites (tertiary alicyclic amines) is 1. The standard InChI is InChI=1S/C15H18N4O2/c1-10-8-17-13(18-10)11-5-7-19(9-11)15(20)12-4-3-6-16-14(12)21-2/h3-4,6,8,11H,5,7,9H2,1-2H3,(H,17,18). The Bertz CT molecular complexity index is 653. The summed E-state index contributed by atoms with van der Waals surface area (Å²) in [5, 5.41) is 0. The molecule has 1 atom stereocenters. The largest absolute Gasteiger partial charge is 0.480 e. The van der Waals surface area contributed by atoms with Gasteiger partial charge in [-0.25, -0.2) is 9.97 Å². The van der Waals surface area contributed by atoms with Crippen molar-refractivity contribution in [3.63, 3.8) is 0 Å². The van der Waals surface area contributed by atoms with Crippen LogP contribution in [0.4, 0.5) is 0 Å². The van der Waals surface area contributed by atoms with E-state index in [1.54, 1.807) is 18.3 Å². The van der Waals surface area contributed by atoms with E-state index in [-0.39, 0.29) is 11.8 Å². The summed E-state index contributed by atoms with van der Waals surface area (Å²) in [5.41, 5.74) is 1.56. The molecule has 2 aromatic rings. The fraction of sp³-hybridized carbons (Fsp3) is 0.400. The van der Waals surface area contributed by atoms with Crippen molar-refractivity contribution in [1.29, 1.82) is 0 Å². The average Bonchev–Trinajstić information content (AvgIpc) is 3.15. The molecular formula is C15H18N4O2. The Morgan fingerprint density at radius 3 is 3.05 bits per heavy atom. The van der Waals surface area contributed by atoms with Crippen LogP contribution in [0, 0.1) is 6.92 Å². The van der Waals surface area contributed by atoms with Crippen molar-refractivity contribution in [2.75, 3.05) is 20.2 Å². The minimum absolute atomic E-state index is 0.0364. The van der Waals surface area contributed by atoms with Gasteiger partial charge in [-0.1, -0.05) is 0 Å². The molecule has 0 aromatic carbocycles. The number of aryl methyl sites for hydroxylation is 1. The molecule has 1 N–H and O–H groups in total. The van der Waals surface area contributed by atoms with Crippen molar-refractivity contribution in [2.24, 2.45) is 0 Å². The Hall–Kier alpha value is -2.37. The minimum Gasteiger partial charge on any atom is -0.480 e. The summed E-state index contributed by atoms with van der Waals surface area (Å²) in [5.74, 6) is 1.57. The molecule has 6 nitrogen and oxygen atoms in total. The smallest absolute Gasteiger partial charge is 0.259 e. The molecule has 1 fully saturated rings. The van der Waals surface area contributed by atoms with Crippen LogP contribution in [-0.4, -0.2) is 46.0 Å². The number of amides is 1. The first-order valence-corrected chi connectivity index (χ1v) is 6.99. The number of carbonyl (C=O) groups excluding carboxylic acids is 1. The molecule has 1 saturated heterocycles. The number of hydrogen-bond donors (Lipinski definition) is 1. The van der Waals surface area contributed by atoms with Gasteiger partial charge in [0.05, 0.1) is 7.11 Å². The number of carbonyl (C=O) groups is 1. The second kappa shape index (κ2) is 5.55. The van der Waals surface area contributed by atoms with Crippen molar-refractivity contribution in [2.45, 2.75) is 19.3 Å². The number of methoxy groups -OCH3 is 1. The highest BCUT2D eigenvalue weighted by Crippen LogP contribution is 2.27. The number of rotatable bonds is 3. The number of nitrogens with one attached hydrogen (secondary N) is 1. The number of imidazole rings is 1. The van der Waals surface area contributed by atoms with Gasteiger partial charge in [0.15, 0.2) is 0 Å². The minimum atomic E-state index is -0.0364. The highest BCUT2D eigenvalue weighted by atomic mass is 16.5. The molecule has 3 heterocycles. The summed E-state index contributed by atoms with van der Waals surface area (Å²) in [4.78, 5) is 26.1. The monoisotopic (exact) mass is 286 g/mol. The molecule has 1 amide bonds. The van der Waals surface area contributed by atoms with Crippen LogP contribution in [0.3, 0.4) is 0 Å². The number of aromatic amines is 1. The highest BCUT2D eigenvalue weighted by molar-refractivity contribution is 5.96. The number of ether oxygens (including phenoxy) is 1. The maximum atomic E-state index is 12.6. The van der Waals surface area contributed by atoms with Crippen molar-refractivity contribution in [3.8, 4) is 5.88 Å². The Morgan fingerprint density at radius 1 is 1.48 bits per heavy atom. The number of H-pyrrole nitrogens is 1. The zero-order valence-electron chi connectivity index (χ0n) is 12.2. The maximum Gasteiger partial charge on any atom is 0.259 e. The molecule has 0 radical (unpaired) electrons. The predicted molar refractivity (Wildman–Crippen MR) is 77.4 cm³/mol. The van der Waals surface area contributed by atoms with E-state index < -0.39 is 0 Å². The number of pyridine rings is 1. The van der Waals surface area contributed by atoms with Crippen LogP contribution in [0.25, 0.3) is 0 Å². The van der Waals surface area contributed by atoms with Crippen molar-refractivity contribution >= 4 is 5.91 Å². The van der Waals surface area contributed by atoms with Crippen LogP contribution < -0.4 is 4.74 Å². The highest BCUT2D eigenvalue weighted by Gasteiger charge is 2.30.